The molecule has 20 heteroatoms. The number of nitrogens with zero attached hydrogens (tertiary/aromatic N) is 3. The molecule has 0 aromatic heterocycles. The number of hydrogen-bond donors (Lipinski definition) is 3. The van der Waals surface area contributed by atoms with Crippen LogP contribution >= 0.6 is 0 Å². The summed E-state index contributed by atoms with van der Waals surface area (Å²) in [6, 6.07) is 23.7. The van der Waals surface area contributed by atoms with Gasteiger partial charge in [-0.05, 0) is 36.4 Å². The molecule has 0 saturated carbocycles. The van der Waals surface area contributed by atoms with Crippen LogP contribution in [0, 0.1) is 0 Å². The SMILES string of the molecule is C[B]OOCB=O.O=CO[O-].[B]C(=O)N1CCN(CC=C)c2ccccc21.[B]C(=O)N1CCNc2ccccc21.[K+].[K].c1ccc2c(c1)NCCN2. The van der Waals surface area contributed by atoms with Crippen molar-refractivity contribution in [3.8, 4) is 0 Å². The zero-order valence-corrected chi connectivity index (χ0v) is 36.1. The second-order valence-corrected chi connectivity index (χ2v) is 10.0. The average molecular weight is 756 g/mol. The normalized spacial score (nSPS) is 12.4. The zero-order chi connectivity index (χ0) is 36.6. The van der Waals surface area contributed by atoms with Crippen LogP contribution in [-0.2, 0) is 24.1 Å². The minimum absolute atomic E-state index is 0. The van der Waals surface area contributed by atoms with E-state index < -0.39 is 11.6 Å². The smallest absolute Gasteiger partial charge is 0.662 e. The monoisotopic (exact) mass is 756 g/mol. The van der Waals surface area contributed by atoms with Crippen LogP contribution in [0.25, 0.3) is 0 Å². The number of fused-ring (bicyclic) bond motifs is 3. The van der Waals surface area contributed by atoms with Crippen LogP contribution in [0.3, 0.4) is 0 Å². The summed E-state index contributed by atoms with van der Waals surface area (Å²) < 4.78 is 9.46. The number of para-hydroxylation sites is 6. The molecule has 0 bridgehead atoms. The Bertz CT molecular complexity index is 1500. The van der Waals surface area contributed by atoms with Crippen molar-refractivity contribution < 1.29 is 90.3 Å². The number of carbonyl (C=O) groups excluding carboxylic acids is 3. The molecule has 3 aliphatic rings. The Kier molecular flexibility index (Phi) is 29.5. The molecule has 0 saturated heterocycles. The summed E-state index contributed by atoms with van der Waals surface area (Å²) in [6.07, 6.45) is 1.86. The third-order valence-electron chi connectivity index (χ3n) is 6.86. The number of nitrogens with one attached hydrogen (secondary N) is 3. The van der Waals surface area contributed by atoms with Crippen LogP contribution in [0.2, 0.25) is 6.82 Å². The molecule has 3 aliphatic heterocycles. The van der Waals surface area contributed by atoms with Crippen LogP contribution < -0.4 is 87.3 Å². The summed E-state index contributed by atoms with van der Waals surface area (Å²) in [5.41, 5.74) is 6.17. The number of rotatable bonds is 7. The Morgan fingerprint density at radius 3 is 1.81 bits per heavy atom. The van der Waals surface area contributed by atoms with Crippen LogP contribution in [0.5, 0.6) is 0 Å². The number of anilines is 6. The molecular formula is C32H38B4K2N6O8. The minimum Gasteiger partial charge on any atom is -0.662 e. The first kappa shape index (κ1) is 50.2. The van der Waals surface area contributed by atoms with Gasteiger partial charge in [-0.15, -0.1) is 6.58 Å². The van der Waals surface area contributed by atoms with E-state index in [1.54, 1.807) is 16.6 Å². The maximum atomic E-state index is 11.3. The van der Waals surface area contributed by atoms with E-state index in [0.717, 1.165) is 55.5 Å². The molecule has 3 heterocycles. The standard InChI is InChI=1S/C12H13BN2O.C9H9BN2O.C8H10N2.C2H5B2O3.CH2O3.2K/c1-2-7-14-8-9-15(12(13)16)11-6-4-3-5-10(11)14;10-9(13)12-6-5-11-7-3-1-2-4-8(7)12;1-2-4-8-7(3-1)9-5-6-10-8;1-3-7-6-2-4-5;2-1-4-3;;/h2-6H,1,7-9H2;1-4,11H,5-6H2;1-4,9-10H,5-6H2;2H2,1H3;1,3H;;/q;;;;;;+1/p-1. The second kappa shape index (κ2) is 30.5. The number of carbonyl (C=O) groups is 3. The van der Waals surface area contributed by atoms with Crippen LogP contribution in [0.1, 0.15) is 0 Å². The van der Waals surface area contributed by atoms with Gasteiger partial charge in [0.15, 0.2) is 11.6 Å². The van der Waals surface area contributed by atoms with Crippen molar-refractivity contribution in [2.45, 2.75) is 6.82 Å². The van der Waals surface area contributed by atoms with Crippen LogP contribution in [0.15, 0.2) is 85.5 Å². The Morgan fingerprint density at radius 2 is 1.31 bits per heavy atom. The maximum Gasteiger partial charge on any atom is 1.00 e. The predicted molar refractivity (Wildman–Crippen MR) is 202 cm³/mol. The van der Waals surface area contributed by atoms with Crippen molar-refractivity contribution in [1.82, 2.24) is 0 Å². The Hall–Kier alpha value is -1.78. The summed E-state index contributed by atoms with van der Waals surface area (Å²) in [6.45, 7) is 10.8. The quantitative estimate of drug-likeness (QED) is 0.0688. The predicted octanol–water partition coefficient (Wildman–Crippen LogP) is -0.814. The molecule has 0 spiro atoms. The summed E-state index contributed by atoms with van der Waals surface area (Å²) >= 11 is 0. The van der Waals surface area contributed by atoms with E-state index >= 15 is 0 Å². The molecule has 0 fully saturated rings. The number of amides is 2. The van der Waals surface area contributed by atoms with Gasteiger partial charge in [0.2, 0.25) is 15.7 Å². The largest absolute Gasteiger partial charge is 1.00 e. The molecule has 3 N–H and O–H groups in total. The molecule has 3 aromatic carbocycles. The summed E-state index contributed by atoms with van der Waals surface area (Å²) in [4.78, 5) is 47.4. The van der Waals surface area contributed by atoms with Gasteiger partial charge in [0, 0.05) is 97.2 Å². The summed E-state index contributed by atoms with van der Waals surface area (Å²) in [7, 11) is 12.6. The van der Waals surface area contributed by atoms with Crippen molar-refractivity contribution in [2.24, 2.45) is 0 Å². The van der Waals surface area contributed by atoms with Gasteiger partial charge in [0.1, 0.15) is 0 Å². The van der Waals surface area contributed by atoms with Crippen molar-refractivity contribution in [2.75, 3.05) is 83.0 Å². The number of benzene rings is 3. The van der Waals surface area contributed by atoms with E-state index in [1.165, 1.54) is 18.9 Å². The van der Waals surface area contributed by atoms with Gasteiger partial charge < -0.3 is 40.8 Å². The molecular weight excluding hydrogens is 718 g/mol. The zero-order valence-electron chi connectivity index (χ0n) is 29.9. The molecule has 0 aliphatic carbocycles. The van der Waals surface area contributed by atoms with E-state index in [2.05, 4.69) is 54.1 Å². The fourth-order valence-electron chi connectivity index (χ4n) is 4.83. The van der Waals surface area contributed by atoms with Gasteiger partial charge in [-0.2, -0.15) is 0 Å². The molecule has 0 unspecified atom stereocenters. The van der Waals surface area contributed by atoms with Gasteiger partial charge >= 0.3 is 93.7 Å². The Labute approximate surface area is 394 Å². The van der Waals surface area contributed by atoms with Crippen LogP contribution in [0.4, 0.5) is 43.7 Å². The first-order valence-electron chi connectivity index (χ1n) is 15.5. The summed E-state index contributed by atoms with van der Waals surface area (Å²) in [5.74, 6) is -0.792. The van der Waals surface area contributed by atoms with Crippen molar-refractivity contribution >= 4 is 134 Å². The molecule has 0 atom stereocenters. The Morgan fingerprint density at radius 1 is 0.827 bits per heavy atom. The van der Waals surface area contributed by atoms with Gasteiger partial charge in [-0.3, -0.25) is 14.4 Å². The van der Waals surface area contributed by atoms with Crippen LogP contribution in [-0.4, -0.2) is 152 Å². The van der Waals surface area contributed by atoms with Gasteiger partial charge in [0.05, 0.1) is 34.1 Å². The third-order valence-corrected chi connectivity index (χ3v) is 6.86. The van der Waals surface area contributed by atoms with E-state index in [4.69, 9.17) is 25.7 Å². The molecule has 6 radical (unpaired) electrons. The van der Waals surface area contributed by atoms with E-state index in [-0.39, 0.29) is 116 Å². The van der Waals surface area contributed by atoms with E-state index in [0.29, 0.717) is 20.2 Å². The number of hydrogen-bond acceptors (Lipinski definition) is 12. The van der Waals surface area contributed by atoms with Crippen molar-refractivity contribution in [1.29, 1.82) is 0 Å². The average Bonchev–Trinajstić information content (AvgIpc) is 3.16. The third kappa shape index (κ3) is 18.0. The molecule has 258 valence electrons. The molecule has 2 amide bonds. The maximum absolute atomic E-state index is 11.3. The van der Waals surface area contributed by atoms with Crippen molar-refractivity contribution in [3.63, 3.8) is 0 Å². The second-order valence-electron chi connectivity index (χ2n) is 10.0. The molecule has 3 aromatic rings. The van der Waals surface area contributed by atoms with E-state index in [1.807, 2.05) is 66.7 Å². The summed E-state index contributed by atoms with van der Waals surface area (Å²) in [5, 5.41) is 18.2. The van der Waals surface area contributed by atoms with Gasteiger partial charge in [0.25, 0.3) is 6.47 Å². The molecule has 6 rings (SSSR count). The van der Waals surface area contributed by atoms with Gasteiger partial charge in [-0.25, -0.2) is 0 Å². The Balaban J connectivity index is 0.000000657. The fraction of sp³-hybridized carbons (Fsp3) is 0.281. The van der Waals surface area contributed by atoms with Gasteiger partial charge in [-0.1, -0.05) is 42.5 Å². The fourth-order valence-corrected chi connectivity index (χ4v) is 4.83. The first-order chi connectivity index (χ1) is 24.3. The molecule has 14 nitrogen and oxygen atoms in total. The molecule has 52 heavy (non-hydrogen) atoms. The van der Waals surface area contributed by atoms with E-state index in [9.17, 15) is 14.3 Å². The first-order valence-corrected chi connectivity index (χ1v) is 15.5. The topological polar surface area (TPSA) is 165 Å². The minimum atomic E-state index is -0.397. The van der Waals surface area contributed by atoms with Crippen molar-refractivity contribution in [3.05, 3.63) is 85.5 Å².